The number of anilines is 1. The summed E-state index contributed by atoms with van der Waals surface area (Å²) in [6.07, 6.45) is 8.42. The minimum absolute atomic E-state index is 0.0971. The van der Waals surface area contributed by atoms with Gasteiger partial charge in [0.2, 0.25) is 15.9 Å². The molecule has 0 radical (unpaired) electrons. The summed E-state index contributed by atoms with van der Waals surface area (Å²) in [4.78, 5) is 13.3. The summed E-state index contributed by atoms with van der Waals surface area (Å²) in [6, 6.07) is 9.82. The van der Waals surface area contributed by atoms with Crippen molar-refractivity contribution < 1.29 is 17.6 Å². The molecule has 2 aromatic rings. The summed E-state index contributed by atoms with van der Waals surface area (Å²) < 4.78 is 32.6. The molecular weight excluding hydrogens is 388 g/mol. The van der Waals surface area contributed by atoms with Crippen LogP contribution in [0.3, 0.4) is 0 Å². The van der Waals surface area contributed by atoms with Crippen molar-refractivity contribution in [2.24, 2.45) is 23.2 Å². The molecule has 0 spiro atoms. The molecule has 6 rings (SSSR count). The number of furan rings is 1. The molecule has 154 valence electrons. The van der Waals surface area contributed by atoms with Gasteiger partial charge in [-0.3, -0.25) is 4.79 Å². The first-order chi connectivity index (χ1) is 13.9. The average Bonchev–Trinajstić information content (AvgIpc) is 3.20. The number of benzene rings is 1. The van der Waals surface area contributed by atoms with Gasteiger partial charge in [0.25, 0.3) is 0 Å². The number of carbonyl (C=O) groups excluding carboxylic acids is 1. The molecule has 4 aliphatic carbocycles. The molecule has 29 heavy (non-hydrogen) atoms. The predicted molar refractivity (Wildman–Crippen MR) is 108 cm³/mol. The summed E-state index contributed by atoms with van der Waals surface area (Å²) >= 11 is 0. The maximum atomic E-state index is 13.1. The molecule has 1 amide bonds. The van der Waals surface area contributed by atoms with Gasteiger partial charge in [0.05, 0.1) is 23.1 Å². The second-order valence-corrected chi connectivity index (χ2v) is 10.8. The molecule has 1 aromatic heterocycles. The lowest BCUT2D eigenvalue weighted by molar-refractivity contribution is -0.140. The van der Waals surface area contributed by atoms with Crippen LogP contribution < -0.4 is 10.0 Å². The van der Waals surface area contributed by atoms with Crippen LogP contribution in [0.1, 0.15) is 44.3 Å². The van der Waals surface area contributed by atoms with Gasteiger partial charge in [0, 0.05) is 5.69 Å². The standard InChI is InChI=1S/C22H26N2O4S/c25-21(22-11-15-8-16(12-22)10-17(9-15)13-22)24-18-3-5-20(6-4-18)29(26,27)23-14-19-2-1-7-28-19/h1-7,15-17,23H,8-14H2,(H,24,25). The molecule has 1 aromatic carbocycles. The topological polar surface area (TPSA) is 88.4 Å². The van der Waals surface area contributed by atoms with Crippen LogP contribution in [0.5, 0.6) is 0 Å². The van der Waals surface area contributed by atoms with Crippen LogP contribution in [0.25, 0.3) is 0 Å². The molecule has 7 heteroatoms. The van der Waals surface area contributed by atoms with Crippen molar-refractivity contribution in [3.63, 3.8) is 0 Å². The molecule has 4 aliphatic rings. The lowest BCUT2D eigenvalue weighted by atomic mass is 9.49. The van der Waals surface area contributed by atoms with Crippen LogP contribution in [0, 0.1) is 23.2 Å². The molecule has 0 aliphatic heterocycles. The fourth-order valence-electron chi connectivity index (χ4n) is 6.03. The molecule has 4 fully saturated rings. The van der Waals surface area contributed by atoms with Crippen LogP contribution in [-0.4, -0.2) is 14.3 Å². The quantitative estimate of drug-likeness (QED) is 0.750. The highest BCUT2D eigenvalue weighted by molar-refractivity contribution is 7.89. The molecular formula is C22H26N2O4S. The Kier molecular flexibility index (Phi) is 4.55. The van der Waals surface area contributed by atoms with E-state index in [1.807, 2.05) is 0 Å². The Hall–Kier alpha value is -2.12. The lowest BCUT2D eigenvalue weighted by Crippen LogP contribution is -2.51. The third-order valence-corrected chi connectivity index (χ3v) is 8.38. The molecule has 1 heterocycles. The monoisotopic (exact) mass is 414 g/mol. The smallest absolute Gasteiger partial charge is 0.240 e. The van der Waals surface area contributed by atoms with E-state index in [0.717, 1.165) is 19.3 Å². The Morgan fingerprint density at radius 2 is 1.62 bits per heavy atom. The Morgan fingerprint density at radius 1 is 1.00 bits per heavy atom. The van der Waals surface area contributed by atoms with Gasteiger partial charge in [-0.1, -0.05) is 0 Å². The second kappa shape index (κ2) is 6.99. The van der Waals surface area contributed by atoms with E-state index in [1.165, 1.54) is 37.7 Å². The van der Waals surface area contributed by atoms with Gasteiger partial charge in [-0.15, -0.1) is 0 Å². The maximum absolute atomic E-state index is 13.1. The number of amides is 1. The zero-order valence-electron chi connectivity index (χ0n) is 16.3. The highest BCUT2D eigenvalue weighted by Crippen LogP contribution is 2.60. The normalized spacial score (nSPS) is 30.4. The van der Waals surface area contributed by atoms with Crippen LogP contribution in [-0.2, 0) is 21.4 Å². The Labute approximate surface area is 171 Å². The van der Waals surface area contributed by atoms with Gasteiger partial charge in [-0.25, -0.2) is 13.1 Å². The van der Waals surface area contributed by atoms with Gasteiger partial charge in [-0.2, -0.15) is 0 Å². The van der Waals surface area contributed by atoms with Crippen molar-refractivity contribution in [1.82, 2.24) is 4.72 Å². The summed E-state index contributed by atoms with van der Waals surface area (Å²) in [5.41, 5.74) is 0.431. The first kappa shape index (κ1) is 18.9. The zero-order chi connectivity index (χ0) is 20.1. The molecule has 2 N–H and O–H groups in total. The van der Waals surface area contributed by atoms with Crippen molar-refractivity contribution in [3.05, 3.63) is 48.4 Å². The van der Waals surface area contributed by atoms with Crippen LogP contribution >= 0.6 is 0 Å². The van der Waals surface area contributed by atoms with Gasteiger partial charge in [0.1, 0.15) is 5.76 Å². The molecule has 0 unspecified atom stereocenters. The third-order valence-electron chi connectivity index (χ3n) is 6.96. The minimum atomic E-state index is -3.64. The first-order valence-electron chi connectivity index (χ1n) is 10.4. The summed E-state index contributed by atoms with van der Waals surface area (Å²) in [7, 11) is -3.64. The Morgan fingerprint density at radius 3 is 2.17 bits per heavy atom. The highest BCUT2D eigenvalue weighted by Gasteiger charge is 2.54. The maximum Gasteiger partial charge on any atom is 0.240 e. The highest BCUT2D eigenvalue weighted by atomic mass is 32.2. The van der Waals surface area contributed by atoms with Gasteiger partial charge >= 0.3 is 0 Å². The van der Waals surface area contributed by atoms with E-state index in [2.05, 4.69) is 10.0 Å². The van der Waals surface area contributed by atoms with Crippen molar-refractivity contribution in [3.8, 4) is 0 Å². The average molecular weight is 415 g/mol. The molecule has 4 saturated carbocycles. The third kappa shape index (κ3) is 3.62. The molecule has 0 atom stereocenters. The molecule has 0 saturated heterocycles. The van der Waals surface area contributed by atoms with Crippen molar-refractivity contribution >= 4 is 21.6 Å². The van der Waals surface area contributed by atoms with Gasteiger partial charge in [-0.05, 0) is 92.7 Å². The SMILES string of the molecule is O=C(Nc1ccc(S(=O)(=O)NCc2ccco2)cc1)C12CC3CC(CC(C3)C1)C2. The molecule has 6 nitrogen and oxygen atoms in total. The summed E-state index contributed by atoms with van der Waals surface area (Å²) in [6.45, 7) is 0.0971. The number of sulfonamides is 1. The van der Waals surface area contributed by atoms with E-state index in [4.69, 9.17) is 4.42 Å². The fraction of sp³-hybridized carbons (Fsp3) is 0.500. The lowest BCUT2D eigenvalue weighted by Gasteiger charge is -2.55. The van der Waals surface area contributed by atoms with Crippen molar-refractivity contribution in [2.75, 3.05) is 5.32 Å². The van der Waals surface area contributed by atoms with Gasteiger partial charge < -0.3 is 9.73 Å². The number of hydrogen-bond acceptors (Lipinski definition) is 4. The molecule has 4 bridgehead atoms. The fourth-order valence-corrected chi connectivity index (χ4v) is 7.03. The van der Waals surface area contributed by atoms with Crippen LogP contribution in [0.15, 0.2) is 52.0 Å². The number of carbonyl (C=O) groups is 1. The summed E-state index contributed by atoms with van der Waals surface area (Å²) in [5.74, 6) is 2.79. The zero-order valence-corrected chi connectivity index (χ0v) is 17.1. The number of hydrogen-bond donors (Lipinski definition) is 2. The van der Waals surface area contributed by atoms with E-state index in [1.54, 1.807) is 24.3 Å². The second-order valence-electron chi connectivity index (χ2n) is 9.08. The van der Waals surface area contributed by atoms with Crippen LogP contribution in [0.4, 0.5) is 5.69 Å². The first-order valence-corrected chi connectivity index (χ1v) is 11.8. The summed E-state index contributed by atoms with van der Waals surface area (Å²) in [5, 5.41) is 3.06. The Balaban J connectivity index is 1.25. The van der Waals surface area contributed by atoms with E-state index >= 15 is 0 Å². The van der Waals surface area contributed by atoms with Crippen LogP contribution in [0.2, 0.25) is 0 Å². The van der Waals surface area contributed by atoms with Crippen molar-refractivity contribution in [2.45, 2.75) is 50.0 Å². The Bertz CT molecular complexity index is 961. The van der Waals surface area contributed by atoms with Gasteiger partial charge in [0.15, 0.2) is 0 Å². The van der Waals surface area contributed by atoms with E-state index in [-0.39, 0.29) is 22.8 Å². The largest absolute Gasteiger partial charge is 0.468 e. The van der Waals surface area contributed by atoms with Crippen molar-refractivity contribution in [1.29, 1.82) is 0 Å². The van der Waals surface area contributed by atoms with E-state index < -0.39 is 10.0 Å². The predicted octanol–water partition coefficient (Wildman–Crippen LogP) is 3.91. The number of nitrogens with one attached hydrogen (secondary N) is 2. The number of rotatable bonds is 6. The minimum Gasteiger partial charge on any atom is -0.468 e. The van der Waals surface area contributed by atoms with E-state index in [0.29, 0.717) is 29.2 Å². The van der Waals surface area contributed by atoms with E-state index in [9.17, 15) is 13.2 Å².